The minimum absolute atomic E-state index is 0.254. The van der Waals surface area contributed by atoms with E-state index in [1.165, 1.54) is 6.07 Å². The van der Waals surface area contributed by atoms with Crippen molar-refractivity contribution in [2.75, 3.05) is 11.9 Å². The second kappa shape index (κ2) is 6.78. The first-order valence-corrected chi connectivity index (χ1v) is 6.75. The summed E-state index contributed by atoms with van der Waals surface area (Å²) in [7, 11) is 0. The number of rotatable bonds is 7. The number of anilines is 1. The van der Waals surface area contributed by atoms with Crippen molar-refractivity contribution in [3.8, 4) is 5.75 Å². The zero-order valence-corrected chi connectivity index (χ0v) is 12.0. The van der Waals surface area contributed by atoms with Gasteiger partial charge in [0.15, 0.2) is 0 Å². The van der Waals surface area contributed by atoms with Crippen LogP contribution in [0.4, 0.5) is 11.6 Å². The molecule has 0 saturated heterocycles. The van der Waals surface area contributed by atoms with Crippen molar-refractivity contribution in [1.82, 2.24) is 0 Å². The van der Waals surface area contributed by atoms with Crippen molar-refractivity contribution in [3.63, 3.8) is 0 Å². The van der Waals surface area contributed by atoms with Gasteiger partial charge in [-0.2, -0.15) is 0 Å². The normalized spacial score (nSPS) is 10.6. The lowest BCUT2D eigenvalue weighted by Gasteiger charge is -2.13. The molecule has 6 heteroatoms. The fourth-order valence-corrected chi connectivity index (χ4v) is 1.74. The fraction of sp³-hybridized carbons (Fsp3) is 0.333. The highest BCUT2D eigenvalue weighted by atomic mass is 16.6. The lowest BCUT2D eigenvalue weighted by molar-refractivity contribution is -0.402. The van der Waals surface area contributed by atoms with E-state index in [0.29, 0.717) is 24.8 Å². The summed E-state index contributed by atoms with van der Waals surface area (Å²) in [5, 5.41) is 13.7. The molecule has 1 aromatic carbocycles. The minimum Gasteiger partial charge on any atom is -0.491 e. The molecule has 0 amide bonds. The molecule has 1 heterocycles. The van der Waals surface area contributed by atoms with Gasteiger partial charge in [0.05, 0.1) is 24.9 Å². The molecule has 0 radical (unpaired) electrons. The van der Waals surface area contributed by atoms with Crippen LogP contribution in [0.3, 0.4) is 0 Å². The van der Waals surface area contributed by atoms with Gasteiger partial charge in [-0.3, -0.25) is 10.1 Å². The summed E-state index contributed by atoms with van der Waals surface area (Å²) in [6.07, 6.45) is 0. The number of para-hydroxylation sites is 2. The number of ether oxygens (including phenoxy) is 1. The Kier molecular flexibility index (Phi) is 4.81. The highest BCUT2D eigenvalue weighted by Gasteiger charge is 2.12. The molecule has 0 aliphatic heterocycles. The van der Waals surface area contributed by atoms with Crippen molar-refractivity contribution in [2.45, 2.75) is 20.4 Å². The van der Waals surface area contributed by atoms with Crippen molar-refractivity contribution in [1.29, 1.82) is 0 Å². The van der Waals surface area contributed by atoms with E-state index in [1.54, 1.807) is 6.07 Å². The number of nitrogens with zero attached hydrogens (tertiary/aromatic N) is 1. The standard InChI is InChI=1S/C15H18N2O4/c1-11(2)10-20-14-6-4-3-5-13(14)16-9-12-7-8-15(21-12)17(18)19/h3-8,11,16H,9-10H2,1-2H3. The van der Waals surface area contributed by atoms with Crippen LogP contribution < -0.4 is 10.1 Å². The van der Waals surface area contributed by atoms with Gasteiger partial charge in [-0.05, 0) is 24.1 Å². The molecule has 0 fully saturated rings. The van der Waals surface area contributed by atoms with E-state index >= 15 is 0 Å². The molecule has 0 aliphatic rings. The Morgan fingerprint density at radius 1 is 1.29 bits per heavy atom. The maximum absolute atomic E-state index is 10.6. The summed E-state index contributed by atoms with van der Waals surface area (Å²) in [6, 6.07) is 10.5. The van der Waals surface area contributed by atoms with E-state index < -0.39 is 4.92 Å². The van der Waals surface area contributed by atoms with Gasteiger partial charge in [-0.15, -0.1) is 0 Å². The molecular weight excluding hydrogens is 272 g/mol. The topological polar surface area (TPSA) is 77.5 Å². The molecule has 1 N–H and O–H groups in total. The first kappa shape index (κ1) is 14.9. The quantitative estimate of drug-likeness (QED) is 0.619. The number of nitro groups is 1. The smallest absolute Gasteiger partial charge is 0.433 e. The monoisotopic (exact) mass is 290 g/mol. The molecule has 1 aromatic heterocycles. The van der Waals surface area contributed by atoms with Gasteiger partial charge in [-0.1, -0.05) is 26.0 Å². The Bertz CT molecular complexity index is 607. The lowest BCUT2D eigenvalue weighted by atomic mass is 10.2. The van der Waals surface area contributed by atoms with Crippen LogP contribution in [0.5, 0.6) is 5.75 Å². The van der Waals surface area contributed by atoms with Crippen molar-refractivity contribution in [3.05, 3.63) is 52.3 Å². The van der Waals surface area contributed by atoms with Gasteiger partial charge >= 0.3 is 5.88 Å². The second-order valence-corrected chi connectivity index (χ2v) is 5.05. The molecule has 0 unspecified atom stereocenters. The summed E-state index contributed by atoms with van der Waals surface area (Å²) in [5.74, 6) is 1.44. The minimum atomic E-state index is -0.552. The SMILES string of the molecule is CC(C)COc1ccccc1NCc1ccc([N+](=O)[O-])o1. The molecule has 21 heavy (non-hydrogen) atoms. The Hall–Kier alpha value is -2.50. The number of hydrogen-bond donors (Lipinski definition) is 1. The molecule has 0 atom stereocenters. The van der Waals surface area contributed by atoms with Gasteiger partial charge in [0.25, 0.3) is 0 Å². The molecule has 0 bridgehead atoms. The van der Waals surface area contributed by atoms with Crippen LogP contribution in [0.1, 0.15) is 19.6 Å². The van der Waals surface area contributed by atoms with Crippen LogP contribution in [-0.2, 0) is 6.54 Å². The number of hydrogen-bond acceptors (Lipinski definition) is 5. The third-order valence-corrected chi connectivity index (χ3v) is 2.74. The Morgan fingerprint density at radius 3 is 2.71 bits per heavy atom. The second-order valence-electron chi connectivity index (χ2n) is 5.05. The molecular formula is C15H18N2O4. The van der Waals surface area contributed by atoms with E-state index in [0.717, 1.165) is 11.4 Å². The fourth-order valence-electron chi connectivity index (χ4n) is 1.74. The first-order chi connectivity index (χ1) is 10.1. The Labute approximate surface area is 122 Å². The van der Waals surface area contributed by atoms with E-state index in [-0.39, 0.29) is 5.88 Å². The summed E-state index contributed by atoms with van der Waals surface area (Å²) in [4.78, 5) is 10.0. The van der Waals surface area contributed by atoms with Crippen molar-refractivity contribution < 1.29 is 14.1 Å². The molecule has 2 rings (SSSR count). The maximum atomic E-state index is 10.6. The van der Waals surface area contributed by atoms with Crippen LogP contribution >= 0.6 is 0 Å². The van der Waals surface area contributed by atoms with E-state index in [1.807, 2.05) is 24.3 Å². The van der Waals surface area contributed by atoms with Crippen molar-refractivity contribution >= 4 is 11.6 Å². The van der Waals surface area contributed by atoms with E-state index in [2.05, 4.69) is 19.2 Å². The Morgan fingerprint density at radius 2 is 2.05 bits per heavy atom. The van der Waals surface area contributed by atoms with E-state index in [9.17, 15) is 10.1 Å². The number of benzene rings is 1. The highest BCUT2D eigenvalue weighted by molar-refractivity contribution is 5.56. The summed E-state index contributed by atoms with van der Waals surface area (Å²) in [5.41, 5.74) is 0.831. The predicted octanol–water partition coefficient (Wildman–Crippen LogP) is 3.83. The zero-order valence-electron chi connectivity index (χ0n) is 12.0. The highest BCUT2D eigenvalue weighted by Crippen LogP contribution is 2.25. The maximum Gasteiger partial charge on any atom is 0.433 e. The first-order valence-electron chi connectivity index (χ1n) is 6.75. The van der Waals surface area contributed by atoms with Gasteiger partial charge in [-0.25, -0.2) is 0 Å². The van der Waals surface area contributed by atoms with Crippen LogP contribution in [0.15, 0.2) is 40.8 Å². The molecule has 2 aromatic rings. The van der Waals surface area contributed by atoms with Gasteiger partial charge < -0.3 is 14.5 Å². The molecule has 0 aliphatic carbocycles. The van der Waals surface area contributed by atoms with E-state index in [4.69, 9.17) is 9.15 Å². The van der Waals surface area contributed by atoms with Crippen molar-refractivity contribution in [2.24, 2.45) is 5.92 Å². The van der Waals surface area contributed by atoms with Gasteiger partial charge in [0, 0.05) is 0 Å². The number of nitrogens with one attached hydrogen (secondary N) is 1. The summed E-state index contributed by atoms with van der Waals surface area (Å²) in [6.45, 7) is 5.15. The molecule has 0 saturated carbocycles. The van der Waals surface area contributed by atoms with Crippen LogP contribution in [0.2, 0.25) is 0 Å². The lowest BCUT2D eigenvalue weighted by Crippen LogP contribution is -2.07. The Balaban J connectivity index is 2.00. The molecule has 112 valence electrons. The predicted molar refractivity (Wildman–Crippen MR) is 79.5 cm³/mol. The van der Waals surface area contributed by atoms with Gasteiger partial charge in [0.1, 0.15) is 16.4 Å². The third-order valence-electron chi connectivity index (χ3n) is 2.74. The largest absolute Gasteiger partial charge is 0.491 e. The van der Waals surface area contributed by atoms with Crippen LogP contribution in [0, 0.1) is 16.0 Å². The zero-order chi connectivity index (χ0) is 15.2. The van der Waals surface area contributed by atoms with Crippen LogP contribution in [-0.4, -0.2) is 11.5 Å². The average molecular weight is 290 g/mol. The van der Waals surface area contributed by atoms with Crippen LogP contribution in [0.25, 0.3) is 0 Å². The average Bonchev–Trinajstić information content (AvgIpc) is 2.93. The molecule has 0 spiro atoms. The summed E-state index contributed by atoms with van der Waals surface area (Å²) >= 11 is 0. The third kappa shape index (κ3) is 4.24. The van der Waals surface area contributed by atoms with Gasteiger partial charge in [0.2, 0.25) is 0 Å². The summed E-state index contributed by atoms with van der Waals surface area (Å²) < 4.78 is 10.8. The number of furan rings is 1. The molecule has 6 nitrogen and oxygen atoms in total.